The van der Waals surface area contributed by atoms with Crippen LogP contribution >= 0.6 is 11.6 Å². The Bertz CT molecular complexity index is 582. The maximum atomic E-state index is 8.39. The number of nitrogens with zero attached hydrogens (tertiary/aromatic N) is 1. The highest BCUT2D eigenvalue weighted by atomic mass is 35.5. The molecule has 0 aliphatic carbocycles. The summed E-state index contributed by atoms with van der Waals surface area (Å²) in [7, 11) is 0. The van der Waals surface area contributed by atoms with Crippen LogP contribution in [0.15, 0.2) is 53.7 Å². The molecular formula is C14H13ClN2O3. The lowest BCUT2D eigenvalue weighted by molar-refractivity contribution is 0.306. The lowest BCUT2D eigenvalue weighted by Crippen LogP contribution is -2.20. The van der Waals surface area contributed by atoms with Gasteiger partial charge in [0.1, 0.15) is 23.9 Å². The molecule has 0 bridgehead atoms. The van der Waals surface area contributed by atoms with Crippen molar-refractivity contribution in [3.8, 4) is 17.2 Å². The van der Waals surface area contributed by atoms with E-state index in [0.717, 1.165) is 0 Å². The second kappa shape index (κ2) is 6.68. The maximum absolute atomic E-state index is 8.39. The molecule has 0 aliphatic rings. The average Bonchev–Trinajstić information content (AvgIpc) is 2.48. The van der Waals surface area contributed by atoms with E-state index < -0.39 is 0 Å². The maximum Gasteiger partial charge on any atom is 0.177 e. The van der Waals surface area contributed by atoms with Gasteiger partial charge in [-0.25, -0.2) is 0 Å². The van der Waals surface area contributed by atoms with Crippen molar-refractivity contribution in [2.75, 3.05) is 6.61 Å². The first-order valence-electron chi connectivity index (χ1n) is 5.80. The first-order chi connectivity index (χ1) is 9.67. The molecule has 0 saturated carbocycles. The molecule has 0 heterocycles. The molecular weight excluding hydrogens is 280 g/mol. The Hall–Kier alpha value is -2.40. The third-order valence-electron chi connectivity index (χ3n) is 2.39. The highest BCUT2D eigenvalue weighted by Gasteiger charge is 2.00. The van der Waals surface area contributed by atoms with Gasteiger partial charge in [0, 0.05) is 5.02 Å². The van der Waals surface area contributed by atoms with Crippen LogP contribution in [0.25, 0.3) is 0 Å². The van der Waals surface area contributed by atoms with E-state index in [4.69, 9.17) is 32.0 Å². The summed E-state index contributed by atoms with van der Waals surface area (Å²) in [5.74, 6) is 1.97. The number of rotatable bonds is 5. The molecule has 0 aliphatic heterocycles. The lowest BCUT2D eigenvalue weighted by atomic mass is 10.3. The fourth-order valence-corrected chi connectivity index (χ4v) is 1.55. The highest BCUT2D eigenvalue weighted by Crippen LogP contribution is 2.24. The number of ether oxygens (including phenoxy) is 2. The summed E-state index contributed by atoms with van der Waals surface area (Å²) < 4.78 is 10.9. The average molecular weight is 293 g/mol. The molecule has 0 unspecified atom stereocenters. The van der Waals surface area contributed by atoms with Crippen molar-refractivity contribution in [2.45, 2.75) is 0 Å². The first kappa shape index (κ1) is 14.0. The predicted molar refractivity (Wildman–Crippen MR) is 76.9 cm³/mol. The van der Waals surface area contributed by atoms with E-state index in [-0.39, 0.29) is 12.4 Å². The number of hydrogen-bond donors (Lipinski definition) is 2. The van der Waals surface area contributed by atoms with Gasteiger partial charge in [-0.3, -0.25) is 0 Å². The van der Waals surface area contributed by atoms with E-state index >= 15 is 0 Å². The quantitative estimate of drug-likeness (QED) is 0.384. The van der Waals surface area contributed by atoms with Crippen LogP contribution in [0.5, 0.6) is 17.2 Å². The van der Waals surface area contributed by atoms with Crippen LogP contribution in [0.3, 0.4) is 0 Å². The van der Waals surface area contributed by atoms with Crippen molar-refractivity contribution < 1.29 is 14.7 Å². The van der Waals surface area contributed by atoms with Crippen LogP contribution in [0.1, 0.15) is 0 Å². The Morgan fingerprint density at radius 2 is 1.50 bits per heavy atom. The van der Waals surface area contributed by atoms with Gasteiger partial charge >= 0.3 is 0 Å². The Balaban J connectivity index is 1.96. The summed E-state index contributed by atoms with van der Waals surface area (Å²) in [5, 5.41) is 11.9. The van der Waals surface area contributed by atoms with Gasteiger partial charge in [0.25, 0.3) is 0 Å². The fraction of sp³-hybridized carbons (Fsp3) is 0.0714. The zero-order valence-corrected chi connectivity index (χ0v) is 11.2. The van der Waals surface area contributed by atoms with Crippen molar-refractivity contribution in [2.24, 2.45) is 10.9 Å². The second-order valence-electron chi connectivity index (χ2n) is 3.91. The molecule has 0 spiro atoms. The predicted octanol–water partition coefficient (Wildman–Crippen LogP) is 3.26. The van der Waals surface area contributed by atoms with E-state index in [1.165, 1.54) is 0 Å². The Labute approximate surface area is 121 Å². The Morgan fingerprint density at radius 1 is 1.00 bits per heavy atom. The van der Waals surface area contributed by atoms with Gasteiger partial charge in [-0.15, -0.1) is 0 Å². The molecule has 0 aromatic heterocycles. The largest absolute Gasteiger partial charge is 0.486 e. The fourth-order valence-electron chi connectivity index (χ4n) is 1.43. The number of halogens is 1. The van der Waals surface area contributed by atoms with Gasteiger partial charge in [0.2, 0.25) is 0 Å². The Morgan fingerprint density at radius 3 is 2.05 bits per heavy atom. The molecule has 0 radical (unpaired) electrons. The van der Waals surface area contributed by atoms with Gasteiger partial charge in [-0.1, -0.05) is 16.8 Å². The number of nitrogens with two attached hydrogens (primary N) is 1. The summed E-state index contributed by atoms with van der Waals surface area (Å²) in [6.07, 6.45) is 0. The van der Waals surface area contributed by atoms with Gasteiger partial charge in [0.05, 0.1) is 0 Å². The topological polar surface area (TPSA) is 77.1 Å². The normalized spacial score (nSPS) is 11.2. The van der Waals surface area contributed by atoms with Crippen molar-refractivity contribution in [3.63, 3.8) is 0 Å². The number of hydrogen-bond acceptors (Lipinski definition) is 4. The summed E-state index contributed by atoms with van der Waals surface area (Å²) in [4.78, 5) is 0. The number of oxime groups is 1. The van der Waals surface area contributed by atoms with E-state index in [9.17, 15) is 0 Å². The molecule has 2 aromatic carbocycles. The summed E-state index contributed by atoms with van der Waals surface area (Å²) in [6, 6.07) is 14.1. The molecule has 6 heteroatoms. The van der Waals surface area contributed by atoms with Crippen LogP contribution in [-0.2, 0) is 0 Å². The van der Waals surface area contributed by atoms with Crippen LogP contribution in [0.4, 0.5) is 0 Å². The van der Waals surface area contributed by atoms with Crippen molar-refractivity contribution in [1.29, 1.82) is 0 Å². The van der Waals surface area contributed by atoms with Crippen LogP contribution in [-0.4, -0.2) is 17.6 Å². The van der Waals surface area contributed by atoms with E-state index in [2.05, 4.69) is 5.16 Å². The summed E-state index contributed by atoms with van der Waals surface area (Å²) in [5.41, 5.74) is 5.30. The van der Waals surface area contributed by atoms with Gasteiger partial charge < -0.3 is 20.4 Å². The molecule has 2 aromatic rings. The molecule has 104 valence electrons. The van der Waals surface area contributed by atoms with Crippen LogP contribution < -0.4 is 15.2 Å². The molecule has 20 heavy (non-hydrogen) atoms. The molecule has 0 amide bonds. The zero-order chi connectivity index (χ0) is 14.4. The van der Waals surface area contributed by atoms with Crippen molar-refractivity contribution in [3.05, 3.63) is 53.6 Å². The second-order valence-corrected chi connectivity index (χ2v) is 4.34. The van der Waals surface area contributed by atoms with Crippen molar-refractivity contribution in [1.82, 2.24) is 0 Å². The highest BCUT2D eigenvalue weighted by molar-refractivity contribution is 6.30. The van der Waals surface area contributed by atoms with E-state index in [0.29, 0.717) is 22.3 Å². The minimum atomic E-state index is 0.00601. The molecule has 0 fully saturated rings. The minimum Gasteiger partial charge on any atom is -0.486 e. The first-order valence-corrected chi connectivity index (χ1v) is 6.18. The lowest BCUT2D eigenvalue weighted by Gasteiger charge is -2.08. The van der Waals surface area contributed by atoms with E-state index in [1.807, 2.05) is 0 Å². The van der Waals surface area contributed by atoms with Gasteiger partial charge in [0.15, 0.2) is 5.84 Å². The standard InChI is InChI=1S/C14H13ClN2O3/c15-10-1-3-12(4-2-10)20-13-7-5-11(6-8-13)19-9-14(16)17-18/h1-8,18H,9H2,(H2,16,17). The zero-order valence-electron chi connectivity index (χ0n) is 10.5. The Kier molecular flexibility index (Phi) is 4.68. The van der Waals surface area contributed by atoms with Gasteiger partial charge in [-0.2, -0.15) is 0 Å². The van der Waals surface area contributed by atoms with Gasteiger partial charge in [-0.05, 0) is 48.5 Å². The smallest absolute Gasteiger partial charge is 0.177 e. The van der Waals surface area contributed by atoms with E-state index in [1.54, 1.807) is 48.5 Å². The summed E-state index contributed by atoms with van der Waals surface area (Å²) in [6.45, 7) is 0.0217. The van der Waals surface area contributed by atoms with Crippen LogP contribution in [0, 0.1) is 0 Å². The molecule has 0 saturated heterocycles. The summed E-state index contributed by atoms with van der Waals surface area (Å²) >= 11 is 5.80. The van der Waals surface area contributed by atoms with Crippen molar-refractivity contribution >= 4 is 17.4 Å². The third-order valence-corrected chi connectivity index (χ3v) is 2.64. The molecule has 2 rings (SSSR count). The number of amidine groups is 1. The molecule has 3 N–H and O–H groups in total. The minimum absolute atomic E-state index is 0.00601. The monoisotopic (exact) mass is 292 g/mol. The number of benzene rings is 2. The molecule has 5 nitrogen and oxygen atoms in total. The van der Waals surface area contributed by atoms with Crippen LogP contribution in [0.2, 0.25) is 5.02 Å². The molecule has 0 atom stereocenters. The third kappa shape index (κ3) is 4.07. The SMILES string of the molecule is N/C(COc1ccc(Oc2ccc(Cl)cc2)cc1)=N\O.